The van der Waals surface area contributed by atoms with Crippen LogP contribution >= 0.6 is 0 Å². The molecule has 2 amide bonds. The molecule has 0 bridgehead atoms. The minimum atomic E-state index is -0.0218. The third kappa shape index (κ3) is 1.84. The number of hydrogen-bond acceptors (Lipinski definition) is 2. The monoisotopic (exact) mass is 231 g/mol. The molecule has 1 aromatic rings. The van der Waals surface area contributed by atoms with E-state index in [1.165, 1.54) is 24.1 Å². The van der Waals surface area contributed by atoms with Crippen molar-refractivity contribution in [2.45, 2.75) is 19.4 Å². The van der Waals surface area contributed by atoms with Crippen LogP contribution in [-0.2, 0) is 6.54 Å². The zero-order chi connectivity index (χ0) is 11.8. The summed E-state index contributed by atoms with van der Waals surface area (Å²) in [4.78, 5) is 15.6. The first kappa shape index (κ1) is 10.4. The van der Waals surface area contributed by atoms with Gasteiger partial charge in [-0.15, -0.1) is 0 Å². The van der Waals surface area contributed by atoms with Crippen LogP contribution in [0.1, 0.15) is 18.4 Å². The van der Waals surface area contributed by atoms with Crippen LogP contribution < -0.4 is 10.2 Å². The van der Waals surface area contributed by atoms with Gasteiger partial charge in [-0.25, -0.2) is 4.79 Å². The van der Waals surface area contributed by atoms with E-state index in [1.807, 2.05) is 13.1 Å². The highest BCUT2D eigenvalue weighted by atomic mass is 16.2. The second-order valence-corrected chi connectivity index (χ2v) is 4.82. The van der Waals surface area contributed by atoms with Crippen LogP contribution in [0.15, 0.2) is 18.2 Å². The van der Waals surface area contributed by atoms with Crippen molar-refractivity contribution >= 4 is 17.4 Å². The third-order valence-corrected chi connectivity index (χ3v) is 3.56. The Morgan fingerprint density at radius 1 is 1.24 bits per heavy atom. The summed E-state index contributed by atoms with van der Waals surface area (Å²) in [5.41, 5.74) is 3.44. The van der Waals surface area contributed by atoms with E-state index in [4.69, 9.17) is 0 Å². The number of urea groups is 1. The second kappa shape index (κ2) is 3.95. The normalized spacial score (nSPS) is 19.2. The van der Waals surface area contributed by atoms with Crippen LogP contribution in [0.4, 0.5) is 16.2 Å². The standard InChI is InChI=1S/C13H17N3O/c1-15-9-10-8-11(16-6-2-3-7-16)4-5-12(10)14-13(15)17/h4-5,8H,2-3,6-7,9H2,1H3,(H,14,17). The lowest BCUT2D eigenvalue weighted by Crippen LogP contribution is -2.35. The number of carbonyl (C=O) groups excluding carboxylic acids is 1. The molecule has 4 nitrogen and oxygen atoms in total. The van der Waals surface area contributed by atoms with Gasteiger partial charge >= 0.3 is 6.03 Å². The van der Waals surface area contributed by atoms with E-state index in [0.717, 1.165) is 18.8 Å². The van der Waals surface area contributed by atoms with Gasteiger partial charge in [0, 0.05) is 38.1 Å². The Kier molecular flexibility index (Phi) is 2.42. The van der Waals surface area contributed by atoms with Crippen molar-refractivity contribution in [1.82, 2.24) is 4.90 Å². The molecule has 0 atom stereocenters. The van der Waals surface area contributed by atoms with Gasteiger partial charge in [-0.2, -0.15) is 0 Å². The summed E-state index contributed by atoms with van der Waals surface area (Å²) in [5.74, 6) is 0. The molecule has 0 saturated carbocycles. The molecule has 90 valence electrons. The molecule has 1 saturated heterocycles. The minimum absolute atomic E-state index is 0.0218. The van der Waals surface area contributed by atoms with Crippen molar-refractivity contribution in [1.29, 1.82) is 0 Å². The summed E-state index contributed by atoms with van der Waals surface area (Å²) in [7, 11) is 1.82. The fourth-order valence-electron chi connectivity index (χ4n) is 2.54. The molecule has 2 aliphatic heterocycles. The van der Waals surface area contributed by atoms with Gasteiger partial charge in [0.15, 0.2) is 0 Å². The molecule has 0 aromatic heterocycles. The fraction of sp³-hybridized carbons (Fsp3) is 0.462. The molecule has 2 heterocycles. The highest BCUT2D eigenvalue weighted by Crippen LogP contribution is 2.29. The summed E-state index contributed by atoms with van der Waals surface area (Å²) in [6.45, 7) is 3.00. The van der Waals surface area contributed by atoms with E-state index in [9.17, 15) is 4.79 Å². The largest absolute Gasteiger partial charge is 0.372 e. The van der Waals surface area contributed by atoms with Crippen molar-refractivity contribution in [3.63, 3.8) is 0 Å². The summed E-state index contributed by atoms with van der Waals surface area (Å²) < 4.78 is 0. The number of nitrogens with one attached hydrogen (secondary N) is 1. The smallest absolute Gasteiger partial charge is 0.321 e. The number of amides is 2. The average molecular weight is 231 g/mol. The molecule has 0 unspecified atom stereocenters. The van der Waals surface area contributed by atoms with Crippen molar-refractivity contribution < 1.29 is 4.79 Å². The van der Waals surface area contributed by atoms with Crippen LogP contribution in [0.2, 0.25) is 0 Å². The maximum atomic E-state index is 11.5. The van der Waals surface area contributed by atoms with Gasteiger partial charge in [-0.3, -0.25) is 0 Å². The summed E-state index contributed by atoms with van der Waals surface area (Å²) in [6.07, 6.45) is 2.57. The predicted octanol–water partition coefficient (Wildman–Crippen LogP) is 2.26. The Morgan fingerprint density at radius 3 is 2.76 bits per heavy atom. The molecule has 0 radical (unpaired) electrons. The van der Waals surface area contributed by atoms with Gasteiger partial charge in [-0.05, 0) is 36.6 Å². The molecule has 4 heteroatoms. The summed E-state index contributed by atoms with van der Waals surface area (Å²) in [5, 5.41) is 2.90. The van der Waals surface area contributed by atoms with Crippen LogP contribution in [0.3, 0.4) is 0 Å². The molecule has 0 spiro atoms. The van der Waals surface area contributed by atoms with Gasteiger partial charge in [0.25, 0.3) is 0 Å². The van der Waals surface area contributed by atoms with Gasteiger partial charge in [0.1, 0.15) is 0 Å². The van der Waals surface area contributed by atoms with Gasteiger partial charge in [0.05, 0.1) is 0 Å². The van der Waals surface area contributed by atoms with Crippen LogP contribution in [0, 0.1) is 0 Å². The fourth-order valence-corrected chi connectivity index (χ4v) is 2.54. The van der Waals surface area contributed by atoms with E-state index < -0.39 is 0 Å². The Hall–Kier alpha value is -1.71. The first-order valence-corrected chi connectivity index (χ1v) is 6.14. The molecule has 0 aliphatic carbocycles. The van der Waals surface area contributed by atoms with Crippen LogP contribution in [0.5, 0.6) is 0 Å². The van der Waals surface area contributed by atoms with E-state index in [0.29, 0.717) is 6.54 Å². The number of nitrogens with zero attached hydrogens (tertiary/aromatic N) is 2. The average Bonchev–Trinajstić information content (AvgIpc) is 2.83. The quantitative estimate of drug-likeness (QED) is 0.804. The maximum Gasteiger partial charge on any atom is 0.321 e. The molecule has 17 heavy (non-hydrogen) atoms. The molecule has 1 N–H and O–H groups in total. The number of hydrogen-bond donors (Lipinski definition) is 1. The summed E-state index contributed by atoms with van der Waals surface area (Å²) in [6, 6.07) is 6.31. The zero-order valence-electron chi connectivity index (χ0n) is 10.1. The van der Waals surface area contributed by atoms with E-state index >= 15 is 0 Å². The van der Waals surface area contributed by atoms with Crippen molar-refractivity contribution in [2.75, 3.05) is 30.4 Å². The minimum Gasteiger partial charge on any atom is -0.372 e. The molecule has 3 rings (SSSR count). The first-order valence-electron chi connectivity index (χ1n) is 6.14. The van der Waals surface area contributed by atoms with Gasteiger partial charge < -0.3 is 15.1 Å². The molecule has 2 aliphatic rings. The highest BCUT2D eigenvalue weighted by molar-refractivity contribution is 5.92. The maximum absolute atomic E-state index is 11.5. The van der Waals surface area contributed by atoms with Gasteiger partial charge in [0.2, 0.25) is 0 Å². The van der Waals surface area contributed by atoms with Crippen LogP contribution in [0.25, 0.3) is 0 Å². The highest BCUT2D eigenvalue weighted by Gasteiger charge is 2.20. The molecular weight excluding hydrogens is 214 g/mol. The molecular formula is C13H17N3O. The lowest BCUT2D eigenvalue weighted by atomic mass is 10.1. The Morgan fingerprint density at radius 2 is 2.00 bits per heavy atom. The predicted molar refractivity (Wildman–Crippen MR) is 68.4 cm³/mol. The lowest BCUT2D eigenvalue weighted by Gasteiger charge is -2.27. The number of fused-ring (bicyclic) bond motifs is 1. The van der Waals surface area contributed by atoms with Crippen molar-refractivity contribution in [3.05, 3.63) is 23.8 Å². The Bertz CT molecular complexity index is 452. The number of benzene rings is 1. The van der Waals surface area contributed by atoms with Crippen molar-refractivity contribution in [2.24, 2.45) is 0 Å². The van der Waals surface area contributed by atoms with Gasteiger partial charge in [-0.1, -0.05) is 0 Å². The molecule has 1 aromatic carbocycles. The lowest BCUT2D eigenvalue weighted by molar-refractivity contribution is 0.218. The Balaban J connectivity index is 1.90. The summed E-state index contributed by atoms with van der Waals surface area (Å²) >= 11 is 0. The van der Waals surface area contributed by atoms with E-state index in [-0.39, 0.29) is 6.03 Å². The topological polar surface area (TPSA) is 35.6 Å². The van der Waals surface area contributed by atoms with Crippen molar-refractivity contribution in [3.8, 4) is 0 Å². The Labute approximate surface area is 101 Å². The number of rotatable bonds is 1. The van der Waals surface area contributed by atoms with Crippen LogP contribution in [-0.4, -0.2) is 31.1 Å². The van der Waals surface area contributed by atoms with E-state index in [1.54, 1.807) is 4.90 Å². The number of carbonyl (C=O) groups is 1. The molecule has 1 fully saturated rings. The number of anilines is 2. The first-order chi connectivity index (χ1) is 8.24. The van der Waals surface area contributed by atoms with E-state index in [2.05, 4.69) is 22.3 Å². The third-order valence-electron chi connectivity index (χ3n) is 3.56. The zero-order valence-corrected chi connectivity index (χ0v) is 10.1. The SMILES string of the molecule is CN1Cc2cc(N3CCCC3)ccc2NC1=O. The second-order valence-electron chi connectivity index (χ2n) is 4.82.